The van der Waals surface area contributed by atoms with E-state index in [-0.39, 0.29) is 5.71 Å². The average molecular weight is 466 g/mol. The second-order valence-corrected chi connectivity index (χ2v) is 7.50. The van der Waals surface area contributed by atoms with Gasteiger partial charge in [0.2, 0.25) is 0 Å². The summed E-state index contributed by atoms with van der Waals surface area (Å²) in [5, 5.41) is 8.20. The van der Waals surface area contributed by atoms with Crippen LogP contribution in [-0.2, 0) is 9.53 Å². The number of hydrogen-bond donors (Lipinski definition) is 1. The first-order chi connectivity index (χ1) is 16.4. The molecule has 7 heteroatoms. The van der Waals surface area contributed by atoms with Gasteiger partial charge in [0.25, 0.3) is 0 Å². The maximum atomic E-state index is 12.6. The first kappa shape index (κ1) is 26.7. The van der Waals surface area contributed by atoms with Gasteiger partial charge in [0.05, 0.1) is 20.8 Å². The molecule has 7 nitrogen and oxygen atoms in total. The monoisotopic (exact) mass is 465 g/mol. The predicted molar refractivity (Wildman–Crippen MR) is 141 cm³/mol. The lowest BCUT2D eigenvalue weighted by atomic mass is 10.1. The Balaban J connectivity index is 2.41. The number of allylic oxidation sites excluding steroid dienone is 1. The summed E-state index contributed by atoms with van der Waals surface area (Å²) in [4.78, 5) is 14.8. The topological polar surface area (TPSA) is 71.0 Å². The Morgan fingerprint density at radius 3 is 2.47 bits per heavy atom. The van der Waals surface area contributed by atoms with E-state index in [0.29, 0.717) is 17.9 Å². The number of ether oxygens (including phenoxy) is 2. The number of nitrogens with zero attached hydrogens (tertiary/aromatic N) is 3. The SMILES string of the molecule is C=C(C=Cc1ccccc1[NH2+]C)C(=NN(C)c1ccc(N(CC)CC)cc1OCC)C(=O)OC. The molecular formula is C27H37N4O3+. The summed E-state index contributed by atoms with van der Waals surface area (Å²) in [6.45, 7) is 12.5. The molecule has 0 amide bonds. The van der Waals surface area contributed by atoms with Gasteiger partial charge in [-0.2, -0.15) is 5.10 Å². The number of benzene rings is 2. The molecule has 0 aliphatic heterocycles. The lowest BCUT2D eigenvalue weighted by Gasteiger charge is -2.24. The highest BCUT2D eigenvalue weighted by Crippen LogP contribution is 2.33. The van der Waals surface area contributed by atoms with E-state index in [1.807, 2.05) is 67.8 Å². The molecule has 0 bridgehead atoms. The highest BCUT2D eigenvalue weighted by atomic mass is 16.5. The number of quaternary nitrogens is 1. The predicted octanol–water partition coefficient (Wildman–Crippen LogP) is 3.99. The van der Waals surface area contributed by atoms with E-state index in [1.165, 1.54) is 7.11 Å². The Hall–Kier alpha value is -3.58. The first-order valence-corrected chi connectivity index (χ1v) is 11.6. The van der Waals surface area contributed by atoms with Crippen LogP contribution in [0.5, 0.6) is 5.75 Å². The van der Waals surface area contributed by atoms with E-state index in [1.54, 1.807) is 18.1 Å². The van der Waals surface area contributed by atoms with Crippen LogP contribution in [-0.4, -0.2) is 52.6 Å². The minimum atomic E-state index is -0.561. The number of anilines is 2. The van der Waals surface area contributed by atoms with Crippen LogP contribution in [0.1, 0.15) is 26.3 Å². The van der Waals surface area contributed by atoms with Crippen molar-refractivity contribution in [2.45, 2.75) is 20.8 Å². The number of carbonyl (C=O) groups is 1. The molecule has 2 aromatic rings. The molecule has 0 radical (unpaired) electrons. The zero-order chi connectivity index (χ0) is 25.1. The summed E-state index contributed by atoms with van der Waals surface area (Å²) in [6.07, 6.45) is 3.69. The Labute approximate surface area is 203 Å². The average Bonchev–Trinajstić information content (AvgIpc) is 2.86. The highest BCUT2D eigenvalue weighted by molar-refractivity contribution is 6.44. The van der Waals surface area contributed by atoms with Gasteiger partial charge in [-0.1, -0.05) is 24.8 Å². The summed E-state index contributed by atoms with van der Waals surface area (Å²) >= 11 is 0. The zero-order valence-electron chi connectivity index (χ0n) is 21.2. The maximum Gasteiger partial charge on any atom is 0.359 e. The van der Waals surface area contributed by atoms with E-state index in [0.717, 1.165) is 35.7 Å². The molecule has 0 fully saturated rings. The van der Waals surface area contributed by atoms with Crippen LogP contribution in [0.15, 0.2) is 65.8 Å². The molecule has 0 aliphatic carbocycles. The fourth-order valence-electron chi connectivity index (χ4n) is 3.56. The number of hydrazone groups is 1. The number of para-hydroxylation sites is 1. The van der Waals surface area contributed by atoms with Gasteiger partial charge < -0.3 is 19.7 Å². The Morgan fingerprint density at radius 1 is 1.15 bits per heavy atom. The van der Waals surface area contributed by atoms with E-state index in [4.69, 9.17) is 9.47 Å². The summed E-state index contributed by atoms with van der Waals surface area (Å²) in [5.74, 6) is 0.130. The third-order valence-corrected chi connectivity index (χ3v) is 5.42. The van der Waals surface area contributed by atoms with Crippen molar-refractivity contribution < 1.29 is 19.6 Å². The van der Waals surface area contributed by atoms with E-state index < -0.39 is 5.97 Å². The number of carbonyl (C=O) groups excluding carboxylic acids is 1. The molecule has 0 unspecified atom stereocenters. The van der Waals surface area contributed by atoms with Crippen LogP contribution in [0.3, 0.4) is 0 Å². The Kier molecular flexibility index (Phi) is 10.4. The van der Waals surface area contributed by atoms with Crippen molar-refractivity contribution in [1.82, 2.24) is 0 Å². The highest BCUT2D eigenvalue weighted by Gasteiger charge is 2.18. The molecule has 0 aliphatic rings. The smallest absolute Gasteiger partial charge is 0.359 e. The summed E-state index contributed by atoms with van der Waals surface area (Å²) in [7, 11) is 5.09. The van der Waals surface area contributed by atoms with E-state index in [2.05, 4.69) is 30.4 Å². The molecule has 34 heavy (non-hydrogen) atoms. The largest absolute Gasteiger partial charge is 0.492 e. The molecule has 0 saturated carbocycles. The van der Waals surface area contributed by atoms with Crippen LogP contribution >= 0.6 is 0 Å². The molecule has 0 heterocycles. The zero-order valence-corrected chi connectivity index (χ0v) is 21.2. The molecule has 2 N–H and O–H groups in total. The quantitative estimate of drug-likeness (QED) is 0.169. The van der Waals surface area contributed by atoms with Crippen molar-refractivity contribution in [1.29, 1.82) is 0 Å². The molecule has 0 atom stereocenters. The van der Waals surface area contributed by atoms with Crippen molar-refractivity contribution in [2.24, 2.45) is 5.10 Å². The van der Waals surface area contributed by atoms with Crippen LogP contribution in [0.4, 0.5) is 17.1 Å². The van der Waals surface area contributed by atoms with E-state index in [9.17, 15) is 4.79 Å². The van der Waals surface area contributed by atoms with Crippen LogP contribution in [0, 0.1) is 0 Å². The Morgan fingerprint density at radius 2 is 1.85 bits per heavy atom. The second-order valence-electron chi connectivity index (χ2n) is 7.50. The lowest BCUT2D eigenvalue weighted by Crippen LogP contribution is -2.73. The fourth-order valence-corrected chi connectivity index (χ4v) is 3.56. The van der Waals surface area contributed by atoms with Crippen molar-refractivity contribution in [3.63, 3.8) is 0 Å². The van der Waals surface area contributed by atoms with Crippen molar-refractivity contribution in [2.75, 3.05) is 50.8 Å². The van der Waals surface area contributed by atoms with Gasteiger partial charge in [-0.25, -0.2) is 4.79 Å². The maximum absolute atomic E-state index is 12.6. The van der Waals surface area contributed by atoms with Gasteiger partial charge in [0.15, 0.2) is 5.71 Å². The van der Waals surface area contributed by atoms with Crippen molar-refractivity contribution >= 4 is 34.8 Å². The van der Waals surface area contributed by atoms with Crippen LogP contribution in [0.2, 0.25) is 0 Å². The lowest BCUT2D eigenvalue weighted by molar-refractivity contribution is -0.539. The molecule has 0 aromatic heterocycles. The van der Waals surface area contributed by atoms with Gasteiger partial charge >= 0.3 is 5.97 Å². The third kappa shape index (κ3) is 6.71. The van der Waals surface area contributed by atoms with Gasteiger partial charge in [-0.05, 0) is 51.1 Å². The molecule has 2 aromatic carbocycles. The molecule has 0 saturated heterocycles. The number of methoxy groups -OCH3 is 1. The third-order valence-electron chi connectivity index (χ3n) is 5.42. The minimum absolute atomic E-state index is 0.120. The van der Waals surface area contributed by atoms with Gasteiger partial charge in [0, 0.05) is 43.0 Å². The van der Waals surface area contributed by atoms with Crippen LogP contribution < -0.4 is 20.0 Å². The molecule has 2 rings (SSSR count). The minimum Gasteiger partial charge on any atom is -0.492 e. The first-order valence-electron chi connectivity index (χ1n) is 11.6. The van der Waals surface area contributed by atoms with E-state index >= 15 is 0 Å². The van der Waals surface area contributed by atoms with Gasteiger partial charge in [-0.15, -0.1) is 0 Å². The Bertz CT molecular complexity index is 1040. The molecule has 0 spiro atoms. The van der Waals surface area contributed by atoms with Crippen molar-refractivity contribution in [3.8, 4) is 5.75 Å². The second kappa shape index (κ2) is 13.2. The normalized spacial score (nSPS) is 11.4. The summed E-state index contributed by atoms with van der Waals surface area (Å²) < 4.78 is 10.9. The number of esters is 1. The molecular weight excluding hydrogens is 428 g/mol. The molecule has 182 valence electrons. The van der Waals surface area contributed by atoms with Gasteiger partial charge in [-0.3, -0.25) is 5.01 Å². The number of nitrogens with two attached hydrogens (primary N) is 1. The number of hydrogen-bond acceptors (Lipinski definition) is 6. The fraction of sp³-hybridized carbons (Fsp3) is 0.333. The summed E-state index contributed by atoms with van der Waals surface area (Å²) in [5.41, 5.74) is 4.49. The van der Waals surface area contributed by atoms with Crippen molar-refractivity contribution in [3.05, 3.63) is 66.3 Å². The van der Waals surface area contributed by atoms with Crippen LogP contribution in [0.25, 0.3) is 6.08 Å². The van der Waals surface area contributed by atoms with Gasteiger partial charge in [0.1, 0.15) is 17.1 Å². The summed E-state index contributed by atoms with van der Waals surface area (Å²) in [6, 6.07) is 14.0. The standard InChI is InChI=1S/C27H36N4O3/c1-8-31(9-2)22-17-18-24(25(19-22)34-10-3)30(6)29-26(27(32)33-7)20(4)15-16-21-13-11-12-14-23(21)28-5/h11-19,28H,4,8-10H2,1-3,5-7H3/p+1. The number of rotatable bonds is 12.